The number of nitro groups is 1. The molecular formula is C19H13N3O4. The summed E-state index contributed by atoms with van der Waals surface area (Å²) < 4.78 is 0. The number of aromatic amines is 2. The normalized spacial score (nSPS) is 11.1. The van der Waals surface area contributed by atoms with Crippen molar-refractivity contribution < 1.29 is 4.92 Å². The Morgan fingerprint density at radius 2 is 1.65 bits per heavy atom. The molecule has 3 aromatic carbocycles. The van der Waals surface area contributed by atoms with Gasteiger partial charge in [0.05, 0.1) is 15.8 Å². The van der Waals surface area contributed by atoms with Crippen molar-refractivity contribution in [1.29, 1.82) is 0 Å². The largest absolute Gasteiger partial charge is 0.326 e. The van der Waals surface area contributed by atoms with Crippen LogP contribution in [0.25, 0.3) is 32.8 Å². The quantitative estimate of drug-likeness (QED) is 0.329. The smallest absolute Gasteiger partial charge is 0.306 e. The monoisotopic (exact) mass is 347 g/mol. The van der Waals surface area contributed by atoms with Gasteiger partial charge < -0.3 is 4.98 Å². The van der Waals surface area contributed by atoms with E-state index < -0.39 is 16.2 Å². The number of benzene rings is 3. The van der Waals surface area contributed by atoms with E-state index in [1.165, 1.54) is 12.1 Å². The second-order valence-corrected chi connectivity index (χ2v) is 6.11. The fourth-order valence-corrected chi connectivity index (χ4v) is 3.15. The molecule has 4 rings (SSSR count). The Bertz CT molecular complexity index is 1300. The first-order valence-corrected chi connectivity index (χ1v) is 7.88. The van der Waals surface area contributed by atoms with Crippen LogP contribution in [-0.4, -0.2) is 14.9 Å². The van der Waals surface area contributed by atoms with Gasteiger partial charge in [-0.1, -0.05) is 29.8 Å². The molecule has 0 bridgehead atoms. The Morgan fingerprint density at radius 1 is 0.923 bits per heavy atom. The van der Waals surface area contributed by atoms with Gasteiger partial charge in [0.1, 0.15) is 0 Å². The molecule has 0 atom stereocenters. The van der Waals surface area contributed by atoms with Crippen LogP contribution in [0.5, 0.6) is 0 Å². The number of H-pyrrole nitrogens is 2. The lowest BCUT2D eigenvalue weighted by Crippen LogP contribution is -2.22. The second kappa shape index (κ2) is 5.66. The van der Waals surface area contributed by atoms with E-state index in [4.69, 9.17) is 0 Å². The van der Waals surface area contributed by atoms with E-state index in [0.29, 0.717) is 21.9 Å². The summed E-state index contributed by atoms with van der Waals surface area (Å²) in [4.78, 5) is 39.6. The van der Waals surface area contributed by atoms with Crippen LogP contribution in [0.4, 0.5) is 5.69 Å². The maximum absolute atomic E-state index is 12.3. The molecule has 4 aromatic rings. The van der Waals surface area contributed by atoms with Gasteiger partial charge in [0.15, 0.2) is 0 Å². The molecule has 0 aliphatic heterocycles. The third-order valence-corrected chi connectivity index (χ3v) is 4.38. The van der Waals surface area contributed by atoms with Gasteiger partial charge in [-0.15, -0.1) is 0 Å². The van der Waals surface area contributed by atoms with E-state index in [0.717, 1.165) is 11.1 Å². The number of non-ortho nitro benzene ring substituents is 1. The fourth-order valence-electron chi connectivity index (χ4n) is 3.15. The second-order valence-electron chi connectivity index (χ2n) is 6.11. The van der Waals surface area contributed by atoms with Crippen LogP contribution in [-0.2, 0) is 0 Å². The number of hydrogen-bond acceptors (Lipinski definition) is 4. The summed E-state index contributed by atoms with van der Waals surface area (Å²) in [6.07, 6.45) is 0. The standard InChI is InChI=1S/C19H13N3O4/c1-10-2-4-11(5-3-10)16-14-7-6-13(22(25)26)8-12(14)9-15-17(16)20-19(24)21-18(15)23/h2-9H,1H3,(H2,20,21,23,24). The molecule has 7 heteroatoms. The summed E-state index contributed by atoms with van der Waals surface area (Å²) in [5.41, 5.74) is 1.75. The number of nitro benzene ring substituents is 1. The molecule has 128 valence electrons. The molecule has 0 aliphatic rings. The summed E-state index contributed by atoms with van der Waals surface area (Å²) in [5, 5.41) is 12.6. The van der Waals surface area contributed by atoms with Crippen molar-refractivity contribution in [1.82, 2.24) is 9.97 Å². The lowest BCUT2D eigenvalue weighted by atomic mass is 9.94. The van der Waals surface area contributed by atoms with Crippen molar-refractivity contribution in [3.63, 3.8) is 0 Å². The van der Waals surface area contributed by atoms with Gasteiger partial charge in [-0.25, -0.2) is 4.79 Å². The Labute approximate surface area is 146 Å². The first kappa shape index (κ1) is 15.8. The van der Waals surface area contributed by atoms with Crippen LogP contribution in [0, 0.1) is 17.0 Å². The van der Waals surface area contributed by atoms with Gasteiger partial charge >= 0.3 is 5.69 Å². The first-order valence-electron chi connectivity index (χ1n) is 7.88. The predicted octanol–water partition coefficient (Wildman–Crippen LogP) is 3.25. The number of nitrogens with one attached hydrogen (secondary N) is 2. The average molecular weight is 347 g/mol. The van der Waals surface area contributed by atoms with Crippen LogP contribution in [0.2, 0.25) is 0 Å². The molecule has 26 heavy (non-hydrogen) atoms. The van der Waals surface area contributed by atoms with Crippen LogP contribution in [0.15, 0.2) is 58.1 Å². The molecular weight excluding hydrogens is 334 g/mol. The number of fused-ring (bicyclic) bond motifs is 2. The molecule has 1 aromatic heterocycles. The highest BCUT2D eigenvalue weighted by atomic mass is 16.6. The maximum Gasteiger partial charge on any atom is 0.326 e. The summed E-state index contributed by atoms with van der Waals surface area (Å²) in [7, 11) is 0. The topological polar surface area (TPSA) is 109 Å². The van der Waals surface area contributed by atoms with Gasteiger partial charge in [0.25, 0.3) is 11.2 Å². The lowest BCUT2D eigenvalue weighted by Gasteiger charge is -2.11. The molecule has 0 saturated heterocycles. The molecule has 0 unspecified atom stereocenters. The summed E-state index contributed by atoms with van der Waals surface area (Å²) in [5.74, 6) is 0. The number of aryl methyl sites for hydroxylation is 1. The van der Waals surface area contributed by atoms with Gasteiger partial charge in [-0.2, -0.15) is 0 Å². The van der Waals surface area contributed by atoms with Gasteiger partial charge in [-0.3, -0.25) is 19.9 Å². The minimum Gasteiger partial charge on any atom is -0.306 e. The zero-order chi connectivity index (χ0) is 18.4. The Balaban J connectivity index is 2.23. The van der Waals surface area contributed by atoms with E-state index in [1.54, 1.807) is 12.1 Å². The third-order valence-electron chi connectivity index (χ3n) is 4.38. The van der Waals surface area contributed by atoms with Gasteiger partial charge in [0.2, 0.25) is 0 Å². The molecule has 0 amide bonds. The maximum atomic E-state index is 12.3. The van der Waals surface area contributed by atoms with Gasteiger partial charge in [0, 0.05) is 17.7 Å². The number of nitrogens with zero attached hydrogens (tertiary/aromatic N) is 1. The van der Waals surface area contributed by atoms with Crippen molar-refractivity contribution in [3.05, 3.63) is 85.0 Å². The van der Waals surface area contributed by atoms with Crippen molar-refractivity contribution in [2.24, 2.45) is 0 Å². The van der Waals surface area contributed by atoms with Crippen molar-refractivity contribution in [2.45, 2.75) is 6.92 Å². The van der Waals surface area contributed by atoms with Crippen molar-refractivity contribution in [3.8, 4) is 11.1 Å². The highest BCUT2D eigenvalue weighted by molar-refractivity contribution is 6.11. The summed E-state index contributed by atoms with van der Waals surface area (Å²) >= 11 is 0. The lowest BCUT2D eigenvalue weighted by molar-refractivity contribution is -0.384. The number of aromatic nitrogens is 2. The highest BCUT2D eigenvalue weighted by Crippen LogP contribution is 2.35. The van der Waals surface area contributed by atoms with Gasteiger partial charge in [-0.05, 0) is 35.4 Å². The first-order chi connectivity index (χ1) is 12.4. The van der Waals surface area contributed by atoms with Crippen LogP contribution in [0.3, 0.4) is 0 Å². The SMILES string of the molecule is Cc1ccc(-c2c3ccc([N+](=O)[O-])cc3cc3c(=O)[nH]c(=O)[nH]c23)cc1. The van der Waals surface area contributed by atoms with Crippen molar-refractivity contribution >= 4 is 27.4 Å². The van der Waals surface area contributed by atoms with E-state index in [1.807, 2.05) is 31.2 Å². The molecule has 7 nitrogen and oxygen atoms in total. The molecule has 0 saturated carbocycles. The van der Waals surface area contributed by atoms with Crippen molar-refractivity contribution in [2.75, 3.05) is 0 Å². The zero-order valence-corrected chi connectivity index (χ0v) is 13.7. The van der Waals surface area contributed by atoms with Crippen LogP contribution < -0.4 is 11.2 Å². The Kier molecular flexibility index (Phi) is 3.43. The molecule has 1 heterocycles. The fraction of sp³-hybridized carbons (Fsp3) is 0.0526. The Morgan fingerprint density at radius 3 is 2.35 bits per heavy atom. The van der Waals surface area contributed by atoms with E-state index in [9.17, 15) is 19.7 Å². The highest BCUT2D eigenvalue weighted by Gasteiger charge is 2.15. The number of hydrogen-bond donors (Lipinski definition) is 2. The van der Waals surface area contributed by atoms with Crippen LogP contribution >= 0.6 is 0 Å². The predicted molar refractivity (Wildman–Crippen MR) is 99.5 cm³/mol. The van der Waals surface area contributed by atoms with E-state index in [-0.39, 0.29) is 11.1 Å². The molecule has 0 radical (unpaired) electrons. The molecule has 0 fully saturated rings. The van der Waals surface area contributed by atoms with E-state index in [2.05, 4.69) is 9.97 Å². The Hall–Kier alpha value is -3.74. The molecule has 0 aliphatic carbocycles. The zero-order valence-electron chi connectivity index (χ0n) is 13.7. The van der Waals surface area contributed by atoms with E-state index >= 15 is 0 Å². The molecule has 0 spiro atoms. The number of rotatable bonds is 2. The summed E-state index contributed by atoms with van der Waals surface area (Å²) in [6.45, 7) is 1.96. The average Bonchev–Trinajstić information content (AvgIpc) is 2.60. The third kappa shape index (κ3) is 2.46. The van der Waals surface area contributed by atoms with Crippen LogP contribution in [0.1, 0.15) is 5.56 Å². The molecule has 2 N–H and O–H groups in total. The summed E-state index contributed by atoms with van der Waals surface area (Å²) in [6, 6.07) is 13.7. The minimum atomic E-state index is -0.600. The minimum absolute atomic E-state index is 0.0624.